The van der Waals surface area contributed by atoms with Crippen molar-refractivity contribution in [2.24, 2.45) is 0 Å². The zero-order valence-electron chi connectivity index (χ0n) is 8.46. The Kier molecular flexibility index (Phi) is 4.06. The van der Waals surface area contributed by atoms with Crippen molar-refractivity contribution in [2.45, 2.75) is 11.0 Å². The lowest BCUT2D eigenvalue weighted by Gasteiger charge is -1.97. The molecule has 1 atom stereocenters. The number of rotatable bonds is 2. The van der Waals surface area contributed by atoms with Crippen molar-refractivity contribution in [1.82, 2.24) is 0 Å². The molecule has 1 aromatic carbocycles. The van der Waals surface area contributed by atoms with Gasteiger partial charge in [-0.15, -0.1) is 11.3 Å². The summed E-state index contributed by atoms with van der Waals surface area (Å²) in [6.07, 6.45) is -0.670. The summed E-state index contributed by atoms with van der Waals surface area (Å²) in [7, 11) is 0. The fraction of sp³-hybridized carbons (Fsp3) is 0.0769. The van der Waals surface area contributed by atoms with Gasteiger partial charge in [-0.3, -0.25) is 0 Å². The van der Waals surface area contributed by atoms with Crippen LogP contribution in [0.1, 0.15) is 11.0 Å². The SMILES string of the molecule is OC(C#CSc1ccccc1)c1cccs1. The molecule has 1 heterocycles. The van der Waals surface area contributed by atoms with Gasteiger partial charge in [0.1, 0.15) is 6.10 Å². The molecule has 2 aromatic rings. The molecular formula is C13H10OS2. The van der Waals surface area contributed by atoms with E-state index in [9.17, 15) is 5.11 Å². The van der Waals surface area contributed by atoms with Gasteiger partial charge in [-0.1, -0.05) is 30.2 Å². The van der Waals surface area contributed by atoms with Crippen LogP contribution in [0.2, 0.25) is 0 Å². The molecule has 1 N–H and O–H groups in total. The number of benzene rings is 1. The molecule has 0 amide bonds. The van der Waals surface area contributed by atoms with Crippen LogP contribution in [-0.2, 0) is 0 Å². The van der Waals surface area contributed by atoms with Gasteiger partial charge in [0, 0.05) is 9.77 Å². The highest BCUT2D eigenvalue weighted by atomic mass is 32.2. The van der Waals surface area contributed by atoms with E-state index in [4.69, 9.17) is 0 Å². The second-order valence-corrected chi connectivity index (χ2v) is 4.94. The molecule has 2 rings (SSSR count). The molecule has 1 nitrogen and oxygen atoms in total. The van der Waals surface area contributed by atoms with Gasteiger partial charge in [-0.05, 0) is 40.6 Å². The summed E-state index contributed by atoms with van der Waals surface area (Å²) in [6, 6.07) is 13.7. The van der Waals surface area contributed by atoms with Crippen molar-refractivity contribution >= 4 is 23.1 Å². The molecule has 0 bridgehead atoms. The molecule has 0 aliphatic heterocycles. The van der Waals surface area contributed by atoms with Crippen LogP contribution < -0.4 is 0 Å². The number of thioether (sulfide) groups is 1. The van der Waals surface area contributed by atoms with E-state index in [1.165, 1.54) is 23.1 Å². The normalized spacial score (nSPS) is 11.6. The molecule has 0 saturated carbocycles. The Morgan fingerprint density at radius 1 is 1.12 bits per heavy atom. The van der Waals surface area contributed by atoms with E-state index in [0.717, 1.165) is 9.77 Å². The zero-order chi connectivity index (χ0) is 11.2. The summed E-state index contributed by atoms with van der Waals surface area (Å²) in [5.74, 6) is 2.81. The Balaban J connectivity index is 1.96. The van der Waals surface area contributed by atoms with Gasteiger partial charge in [-0.2, -0.15) is 0 Å². The number of thiophene rings is 1. The molecule has 80 valence electrons. The van der Waals surface area contributed by atoms with Crippen LogP contribution >= 0.6 is 23.1 Å². The second kappa shape index (κ2) is 5.76. The predicted octanol–water partition coefficient (Wildman–Crippen LogP) is 3.53. The maximum atomic E-state index is 9.71. The highest BCUT2D eigenvalue weighted by Gasteiger charge is 2.02. The molecule has 1 unspecified atom stereocenters. The summed E-state index contributed by atoms with van der Waals surface area (Å²) in [4.78, 5) is 1.98. The van der Waals surface area contributed by atoms with E-state index in [0.29, 0.717) is 0 Å². The van der Waals surface area contributed by atoms with Crippen LogP contribution in [-0.4, -0.2) is 5.11 Å². The first-order chi connectivity index (χ1) is 7.86. The summed E-state index contributed by atoms with van der Waals surface area (Å²) in [6.45, 7) is 0. The molecule has 0 radical (unpaired) electrons. The van der Waals surface area contributed by atoms with Crippen molar-refractivity contribution in [1.29, 1.82) is 0 Å². The van der Waals surface area contributed by atoms with Gasteiger partial charge in [0.15, 0.2) is 0 Å². The Morgan fingerprint density at radius 2 is 1.94 bits per heavy atom. The lowest BCUT2D eigenvalue weighted by Crippen LogP contribution is -1.87. The van der Waals surface area contributed by atoms with Crippen LogP contribution in [0.5, 0.6) is 0 Å². The number of hydrogen-bond acceptors (Lipinski definition) is 3. The maximum Gasteiger partial charge on any atom is 0.150 e. The molecule has 1 aromatic heterocycles. The quantitative estimate of drug-likeness (QED) is 0.646. The lowest BCUT2D eigenvalue weighted by atomic mass is 10.3. The first kappa shape index (κ1) is 11.3. The minimum Gasteiger partial charge on any atom is -0.375 e. The topological polar surface area (TPSA) is 20.2 Å². The van der Waals surface area contributed by atoms with Crippen LogP contribution in [0.25, 0.3) is 0 Å². The monoisotopic (exact) mass is 246 g/mol. The van der Waals surface area contributed by atoms with E-state index < -0.39 is 6.10 Å². The maximum absolute atomic E-state index is 9.71. The first-order valence-corrected chi connectivity index (χ1v) is 6.50. The fourth-order valence-electron chi connectivity index (χ4n) is 1.15. The van der Waals surface area contributed by atoms with Crippen molar-refractivity contribution in [3.05, 3.63) is 52.7 Å². The second-order valence-electron chi connectivity index (χ2n) is 3.08. The molecule has 0 saturated heterocycles. The van der Waals surface area contributed by atoms with Crippen molar-refractivity contribution in [3.8, 4) is 11.2 Å². The Bertz CT molecular complexity index is 480. The Hall–Kier alpha value is -1.21. The van der Waals surface area contributed by atoms with E-state index in [-0.39, 0.29) is 0 Å². The molecule has 0 fully saturated rings. The molecule has 0 spiro atoms. The number of aliphatic hydroxyl groups excluding tert-OH is 1. The molecule has 3 heteroatoms. The van der Waals surface area contributed by atoms with Crippen molar-refractivity contribution in [3.63, 3.8) is 0 Å². The highest BCUT2D eigenvalue weighted by molar-refractivity contribution is 8.03. The molecule has 0 aliphatic carbocycles. The van der Waals surface area contributed by atoms with Crippen LogP contribution in [0, 0.1) is 11.2 Å². The van der Waals surface area contributed by atoms with Gasteiger partial charge in [0.05, 0.1) is 0 Å². The predicted molar refractivity (Wildman–Crippen MR) is 69.4 cm³/mol. The third kappa shape index (κ3) is 3.14. The van der Waals surface area contributed by atoms with Gasteiger partial charge < -0.3 is 5.11 Å². The minimum atomic E-state index is -0.670. The number of hydrogen-bond donors (Lipinski definition) is 1. The largest absolute Gasteiger partial charge is 0.375 e. The smallest absolute Gasteiger partial charge is 0.150 e. The summed E-state index contributed by atoms with van der Waals surface area (Å²) >= 11 is 2.95. The van der Waals surface area contributed by atoms with Crippen LogP contribution in [0.15, 0.2) is 52.7 Å². The van der Waals surface area contributed by atoms with E-state index >= 15 is 0 Å². The van der Waals surface area contributed by atoms with Crippen molar-refractivity contribution < 1.29 is 5.11 Å². The summed E-state index contributed by atoms with van der Waals surface area (Å²) in [5.41, 5.74) is 0. The molecule has 16 heavy (non-hydrogen) atoms. The first-order valence-electron chi connectivity index (χ1n) is 4.80. The lowest BCUT2D eigenvalue weighted by molar-refractivity contribution is 0.242. The third-order valence-corrected chi connectivity index (χ3v) is 3.57. The third-order valence-electron chi connectivity index (χ3n) is 1.92. The summed E-state index contributed by atoms with van der Waals surface area (Å²) in [5, 5.41) is 14.6. The van der Waals surface area contributed by atoms with E-state index in [1.54, 1.807) is 0 Å². The molecule has 0 aliphatic rings. The van der Waals surface area contributed by atoms with E-state index in [1.807, 2.05) is 47.8 Å². The van der Waals surface area contributed by atoms with Gasteiger partial charge in [0.25, 0.3) is 0 Å². The Labute approximate surface area is 103 Å². The fourth-order valence-corrected chi connectivity index (χ4v) is 2.39. The van der Waals surface area contributed by atoms with Gasteiger partial charge in [-0.25, -0.2) is 0 Å². The number of aliphatic hydroxyl groups is 1. The van der Waals surface area contributed by atoms with Crippen LogP contribution in [0.4, 0.5) is 0 Å². The zero-order valence-corrected chi connectivity index (χ0v) is 10.1. The van der Waals surface area contributed by atoms with E-state index in [2.05, 4.69) is 11.2 Å². The highest BCUT2D eigenvalue weighted by Crippen LogP contribution is 2.19. The minimum absolute atomic E-state index is 0.670. The summed E-state index contributed by atoms with van der Waals surface area (Å²) < 4.78 is 0. The Morgan fingerprint density at radius 3 is 2.62 bits per heavy atom. The molecular weight excluding hydrogens is 236 g/mol. The van der Waals surface area contributed by atoms with Gasteiger partial charge in [0.2, 0.25) is 0 Å². The average Bonchev–Trinajstić information content (AvgIpc) is 2.84. The standard InChI is InChI=1S/C13H10OS2/c14-12(13-7-4-9-16-13)8-10-15-11-5-2-1-3-6-11/h1-7,9,12,14H. The average molecular weight is 246 g/mol. The van der Waals surface area contributed by atoms with Crippen LogP contribution in [0.3, 0.4) is 0 Å². The van der Waals surface area contributed by atoms with Crippen molar-refractivity contribution in [2.75, 3.05) is 0 Å². The van der Waals surface area contributed by atoms with Gasteiger partial charge >= 0.3 is 0 Å².